The molecule has 1 saturated carbocycles. The van der Waals surface area contributed by atoms with Crippen LogP contribution >= 0.6 is 11.6 Å². The molecule has 3 heteroatoms. The third-order valence-corrected chi connectivity index (χ3v) is 4.94. The van der Waals surface area contributed by atoms with Crippen LogP contribution in [0.5, 0.6) is 0 Å². The van der Waals surface area contributed by atoms with E-state index in [1.54, 1.807) is 0 Å². The summed E-state index contributed by atoms with van der Waals surface area (Å²) in [6, 6.07) is 11.2. The molecule has 1 aromatic rings. The summed E-state index contributed by atoms with van der Waals surface area (Å²) in [5.41, 5.74) is 1.22. The number of halogens is 1. The van der Waals surface area contributed by atoms with E-state index in [2.05, 4.69) is 37.9 Å². The number of rotatable bonds is 3. The number of benzene rings is 1. The van der Waals surface area contributed by atoms with Crippen molar-refractivity contribution in [1.82, 2.24) is 4.90 Å². The average Bonchev–Trinajstić information content (AvgIpc) is 2.45. The maximum absolute atomic E-state index is 9.40. The van der Waals surface area contributed by atoms with Gasteiger partial charge in [-0.15, -0.1) is 0 Å². The van der Waals surface area contributed by atoms with Gasteiger partial charge in [0.2, 0.25) is 0 Å². The fourth-order valence-electron chi connectivity index (χ4n) is 3.24. The quantitative estimate of drug-likeness (QED) is 0.809. The van der Waals surface area contributed by atoms with Crippen LogP contribution in [0.3, 0.4) is 0 Å². The first-order valence-electron chi connectivity index (χ1n) is 7.40. The Labute approximate surface area is 127 Å². The summed E-state index contributed by atoms with van der Waals surface area (Å²) < 4.78 is 0. The second kappa shape index (κ2) is 6.61. The van der Waals surface area contributed by atoms with Crippen molar-refractivity contribution < 1.29 is 0 Å². The monoisotopic (exact) mass is 290 g/mol. The highest BCUT2D eigenvalue weighted by Gasteiger charge is 2.33. The van der Waals surface area contributed by atoms with E-state index in [0.29, 0.717) is 12.0 Å². The van der Waals surface area contributed by atoms with E-state index in [-0.39, 0.29) is 12.0 Å². The highest BCUT2D eigenvalue weighted by molar-refractivity contribution is 6.30. The molecule has 1 aliphatic carbocycles. The summed E-state index contributed by atoms with van der Waals surface area (Å²) in [5, 5.41) is 10.2. The van der Waals surface area contributed by atoms with Crippen molar-refractivity contribution in [3.8, 4) is 6.07 Å². The van der Waals surface area contributed by atoms with Gasteiger partial charge in [0.1, 0.15) is 0 Å². The molecule has 2 rings (SSSR count). The Kier molecular flexibility index (Phi) is 5.07. The van der Waals surface area contributed by atoms with Crippen LogP contribution in [0.1, 0.15) is 44.7 Å². The largest absolute Gasteiger partial charge is 0.295 e. The smallest absolute Gasteiger partial charge is 0.0672 e. The lowest BCUT2D eigenvalue weighted by Crippen LogP contribution is -2.42. The predicted octanol–water partition coefficient (Wildman–Crippen LogP) is 4.66. The third-order valence-electron chi connectivity index (χ3n) is 4.71. The molecule has 20 heavy (non-hydrogen) atoms. The van der Waals surface area contributed by atoms with E-state index in [0.717, 1.165) is 17.9 Å². The van der Waals surface area contributed by atoms with E-state index < -0.39 is 0 Å². The van der Waals surface area contributed by atoms with Crippen molar-refractivity contribution in [2.75, 3.05) is 7.05 Å². The second-order valence-electron chi connectivity index (χ2n) is 6.12. The Morgan fingerprint density at radius 3 is 2.80 bits per heavy atom. The lowest BCUT2D eigenvalue weighted by atomic mass is 9.78. The Morgan fingerprint density at radius 2 is 2.15 bits per heavy atom. The van der Waals surface area contributed by atoms with Crippen molar-refractivity contribution in [2.45, 2.75) is 45.2 Å². The molecule has 0 heterocycles. The predicted molar refractivity (Wildman–Crippen MR) is 83.5 cm³/mol. The lowest BCUT2D eigenvalue weighted by molar-refractivity contribution is 0.0976. The molecule has 0 bridgehead atoms. The van der Waals surface area contributed by atoms with Gasteiger partial charge in [-0.2, -0.15) is 5.26 Å². The van der Waals surface area contributed by atoms with Gasteiger partial charge in [-0.05, 0) is 56.8 Å². The van der Waals surface area contributed by atoms with Crippen LogP contribution in [0.25, 0.3) is 0 Å². The summed E-state index contributed by atoms with van der Waals surface area (Å²) in [6.45, 7) is 4.48. The van der Waals surface area contributed by atoms with Gasteiger partial charge in [0.05, 0.1) is 12.0 Å². The Hall–Kier alpha value is -1.04. The van der Waals surface area contributed by atoms with Crippen molar-refractivity contribution >= 4 is 11.6 Å². The number of nitriles is 1. The van der Waals surface area contributed by atoms with Crippen LogP contribution in [0.15, 0.2) is 24.3 Å². The summed E-state index contributed by atoms with van der Waals surface area (Å²) in [7, 11) is 2.14. The molecular formula is C17H23ClN2. The molecule has 4 atom stereocenters. The van der Waals surface area contributed by atoms with Crippen molar-refractivity contribution in [2.24, 2.45) is 11.8 Å². The van der Waals surface area contributed by atoms with Gasteiger partial charge in [-0.25, -0.2) is 0 Å². The Morgan fingerprint density at radius 1 is 1.40 bits per heavy atom. The molecule has 0 radical (unpaired) electrons. The zero-order chi connectivity index (χ0) is 14.7. The van der Waals surface area contributed by atoms with Gasteiger partial charge in [-0.1, -0.05) is 30.7 Å². The summed E-state index contributed by atoms with van der Waals surface area (Å²) in [5.74, 6) is 0.858. The molecule has 0 aliphatic heterocycles. The minimum Gasteiger partial charge on any atom is -0.295 e. The first-order valence-corrected chi connectivity index (χ1v) is 7.77. The molecule has 108 valence electrons. The Bertz CT molecular complexity index is 494. The van der Waals surface area contributed by atoms with Crippen molar-refractivity contribution in [3.05, 3.63) is 34.9 Å². The maximum atomic E-state index is 9.40. The minimum absolute atomic E-state index is 0.151. The van der Waals surface area contributed by atoms with Gasteiger partial charge in [-0.3, -0.25) is 4.90 Å². The molecule has 0 saturated heterocycles. The van der Waals surface area contributed by atoms with E-state index in [4.69, 9.17) is 11.6 Å². The number of hydrogen-bond acceptors (Lipinski definition) is 2. The first kappa shape index (κ1) is 15.4. The topological polar surface area (TPSA) is 27.0 Å². The van der Waals surface area contributed by atoms with Crippen molar-refractivity contribution in [3.63, 3.8) is 0 Å². The fourth-order valence-corrected chi connectivity index (χ4v) is 3.44. The molecule has 4 unspecified atom stereocenters. The van der Waals surface area contributed by atoms with Crippen LogP contribution in [0.4, 0.5) is 0 Å². The van der Waals surface area contributed by atoms with E-state index in [1.165, 1.54) is 12.0 Å². The third kappa shape index (κ3) is 3.34. The molecule has 2 nitrogen and oxygen atoms in total. The van der Waals surface area contributed by atoms with E-state index >= 15 is 0 Å². The molecule has 0 N–H and O–H groups in total. The molecule has 1 fully saturated rings. The van der Waals surface area contributed by atoms with Crippen LogP contribution in [0, 0.1) is 23.2 Å². The highest BCUT2D eigenvalue weighted by atomic mass is 35.5. The van der Waals surface area contributed by atoms with Gasteiger partial charge >= 0.3 is 0 Å². The summed E-state index contributed by atoms with van der Waals surface area (Å²) >= 11 is 6.09. The Balaban J connectivity index is 2.16. The lowest BCUT2D eigenvalue weighted by Gasteiger charge is -2.40. The average molecular weight is 291 g/mol. The standard InChI is InChI=1S/C17H23ClN2/c1-12-7-8-15(11-19)17(9-12)20(3)13(2)14-5-4-6-16(18)10-14/h4-6,10,12-13,15,17H,7-9H2,1-3H3. The zero-order valence-corrected chi connectivity index (χ0v) is 13.3. The summed E-state index contributed by atoms with van der Waals surface area (Å²) in [4.78, 5) is 2.36. The van der Waals surface area contributed by atoms with Crippen molar-refractivity contribution in [1.29, 1.82) is 5.26 Å². The van der Waals surface area contributed by atoms with Crippen LogP contribution in [-0.2, 0) is 0 Å². The molecule has 1 aromatic carbocycles. The molecule has 1 aliphatic rings. The summed E-state index contributed by atoms with van der Waals surface area (Å²) in [6.07, 6.45) is 3.31. The van der Waals surface area contributed by atoms with Gasteiger partial charge in [0.15, 0.2) is 0 Å². The first-order chi connectivity index (χ1) is 9.52. The van der Waals surface area contributed by atoms with E-state index in [9.17, 15) is 5.26 Å². The number of hydrogen-bond donors (Lipinski definition) is 0. The minimum atomic E-state index is 0.151. The van der Waals surface area contributed by atoms with Gasteiger partial charge < -0.3 is 0 Å². The maximum Gasteiger partial charge on any atom is 0.0672 e. The van der Waals surface area contributed by atoms with Crippen LogP contribution in [-0.4, -0.2) is 18.0 Å². The molecule has 0 aromatic heterocycles. The number of nitrogens with zero attached hydrogens (tertiary/aromatic N) is 2. The van der Waals surface area contributed by atoms with E-state index in [1.807, 2.05) is 18.2 Å². The fraction of sp³-hybridized carbons (Fsp3) is 0.588. The zero-order valence-electron chi connectivity index (χ0n) is 12.5. The molecular weight excluding hydrogens is 268 g/mol. The van der Waals surface area contributed by atoms with Crippen LogP contribution in [0.2, 0.25) is 5.02 Å². The second-order valence-corrected chi connectivity index (χ2v) is 6.55. The molecule has 0 amide bonds. The van der Waals surface area contributed by atoms with Crippen LogP contribution < -0.4 is 0 Å². The molecule has 0 spiro atoms. The SMILES string of the molecule is CC1CCC(C#N)C(N(C)C(C)c2cccc(Cl)c2)C1. The highest BCUT2D eigenvalue weighted by Crippen LogP contribution is 2.35. The van der Waals surface area contributed by atoms with Gasteiger partial charge in [0.25, 0.3) is 0 Å². The van der Waals surface area contributed by atoms with Gasteiger partial charge in [0, 0.05) is 17.1 Å². The normalized spacial score (nSPS) is 28.1.